The zero-order valence-electron chi connectivity index (χ0n) is 10.7. The molecule has 0 spiro atoms. The number of primary amides is 1. The van der Waals surface area contributed by atoms with Crippen LogP contribution in [0.5, 0.6) is 11.5 Å². The number of hydrogen-bond acceptors (Lipinski definition) is 5. The summed E-state index contributed by atoms with van der Waals surface area (Å²) in [4.78, 5) is 21.7. The predicted molar refractivity (Wildman–Crippen MR) is 68.7 cm³/mol. The van der Waals surface area contributed by atoms with Gasteiger partial charge in [-0.3, -0.25) is 4.79 Å². The number of ether oxygens (including phenoxy) is 3. The molecule has 0 fully saturated rings. The average molecular weight is 265 g/mol. The molecule has 19 heavy (non-hydrogen) atoms. The Kier molecular flexibility index (Phi) is 5.40. The molecule has 6 nitrogen and oxygen atoms in total. The summed E-state index contributed by atoms with van der Waals surface area (Å²) in [7, 11) is 3.02. The molecule has 1 rings (SSSR count). The highest BCUT2D eigenvalue weighted by atomic mass is 16.5. The van der Waals surface area contributed by atoms with Crippen molar-refractivity contribution in [1.29, 1.82) is 0 Å². The van der Waals surface area contributed by atoms with Crippen LogP contribution in [0.4, 0.5) is 0 Å². The van der Waals surface area contributed by atoms with E-state index in [0.29, 0.717) is 17.1 Å². The summed E-state index contributed by atoms with van der Waals surface area (Å²) in [6, 6.07) is 5.25. The minimum atomic E-state index is -0.708. The van der Waals surface area contributed by atoms with Gasteiger partial charge in [-0.2, -0.15) is 0 Å². The molecule has 1 amide bonds. The van der Waals surface area contributed by atoms with Crippen LogP contribution in [0.25, 0.3) is 6.08 Å². The molecule has 0 aliphatic rings. The van der Waals surface area contributed by atoms with Crippen LogP contribution in [0.15, 0.2) is 24.3 Å². The summed E-state index contributed by atoms with van der Waals surface area (Å²) in [5, 5.41) is 0. The predicted octanol–water partition coefficient (Wildman–Crippen LogP) is 0.745. The molecular weight excluding hydrogens is 250 g/mol. The Labute approximate surface area is 110 Å². The number of carbonyl (C=O) groups is 2. The van der Waals surface area contributed by atoms with Crippen molar-refractivity contribution >= 4 is 18.0 Å². The zero-order chi connectivity index (χ0) is 14.3. The number of rotatable bonds is 6. The molecule has 0 unspecified atom stereocenters. The van der Waals surface area contributed by atoms with Crippen molar-refractivity contribution in [2.24, 2.45) is 5.73 Å². The highest BCUT2D eigenvalue weighted by Gasteiger charge is 2.07. The van der Waals surface area contributed by atoms with Gasteiger partial charge in [0.05, 0.1) is 14.2 Å². The third-order valence-corrected chi connectivity index (χ3v) is 2.19. The highest BCUT2D eigenvalue weighted by Crippen LogP contribution is 2.31. The number of benzene rings is 1. The van der Waals surface area contributed by atoms with Gasteiger partial charge in [0.1, 0.15) is 0 Å². The molecule has 0 saturated heterocycles. The molecule has 0 atom stereocenters. The minimum absolute atomic E-state index is 0.446. The number of esters is 1. The SMILES string of the molecule is COc1cccc(/C=C/C(=O)OCC(N)=O)c1OC. The molecule has 1 aromatic carbocycles. The normalized spacial score (nSPS) is 10.2. The molecule has 0 aliphatic heterocycles. The van der Waals surface area contributed by atoms with Crippen molar-refractivity contribution in [2.75, 3.05) is 20.8 Å². The number of amides is 1. The van der Waals surface area contributed by atoms with Gasteiger partial charge in [0.25, 0.3) is 5.91 Å². The molecular formula is C13H15NO5. The van der Waals surface area contributed by atoms with Crippen molar-refractivity contribution in [3.8, 4) is 11.5 Å². The molecule has 0 aliphatic carbocycles. The number of carbonyl (C=O) groups excluding carboxylic acids is 2. The van der Waals surface area contributed by atoms with E-state index in [1.54, 1.807) is 18.2 Å². The number of nitrogens with two attached hydrogens (primary N) is 1. The summed E-state index contributed by atoms with van der Waals surface area (Å²) < 4.78 is 14.9. The molecule has 0 radical (unpaired) electrons. The minimum Gasteiger partial charge on any atom is -0.493 e. The van der Waals surface area contributed by atoms with Crippen molar-refractivity contribution in [1.82, 2.24) is 0 Å². The van der Waals surface area contributed by atoms with Crippen molar-refractivity contribution in [3.05, 3.63) is 29.8 Å². The van der Waals surface area contributed by atoms with E-state index in [0.717, 1.165) is 0 Å². The lowest BCUT2D eigenvalue weighted by Gasteiger charge is -2.09. The maximum absolute atomic E-state index is 11.3. The van der Waals surface area contributed by atoms with Crippen LogP contribution in [0, 0.1) is 0 Å². The number of hydrogen-bond donors (Lipinski definition) is 1. The van der Waals surface area contributed by atoms with Gasteiger partial charge in [0, 0.05) is 11.6 Å². The lowest BCUT2D eigenvalue weighted by Crippen LogP contribution is -2.19. The van der Waals surface area contributed by atoms with Gasteiger partial charge in [0.15, 0.2) is 18.1 Å². The third kappa shape index (κ3) is 4.34. The van der Waals surface area contributed by atoms with Gasteiger partial charge in [0.2, 0.25) is 0 Å². The van der Waals surface area contributed by atoms with Gasteiger partial charge < -0.3 is 19.9 Å². The molecule has 0 aromatic heterocycles. The quantitative estimate of drug-likeness (QED) is 0.605. The standard InChI is InChI=1S/C13H15NO5/c1-17-10-5-3-4-9(13(10)18-2)6-7-12(16)19-8-11(14)15/h3-7H,8H2,1-2H3,(H2,14,15)/b7-6+. The van der Waals surface area contributed by atoms with Crippen molar-refractivity contribution < 1.29 is 23.8 Å². The topological polar surface area (TPSA) is 87.9 Å². The number of methoxy groups -OCH3 is 2. The lowest BCUT2D eigenvalue weighted by atomic mass is 10.1. The monoisotopic (exact) mass is 265 g/mol. The first-order valence-electron chi connectivity index (χ1n) is 5.42. The Morgan fingerprint density at radius 2 is 2.00 bits per heavy atom. The second-order valence-corrected chi connectivity index (χ2v) is 3.49. The maximum atomic E-state index is 11.3. The summed E-state index contributed by atoms with van der Waals surface area (Å²) in [6.07, 6.45) is 2.69. The Morgan fingerprint density at radius 3 is 2.58 bits per heavy atom. The molecule has 2 N–H and O–H groups in total. The van der Waals surface area contributed by atoms with Gasteiger partial charge in [-0.05, 0) is 12.1 Å². The fourth-order valence-corrected chi connectivity index (χ4v) is 1.39. The fraction of sp³-hybridized carbons (Fsp3) is 0.231. The number of para-hydroxylation sites is 1. The highest BCUT2D eigenvalue weighted by molar-refractivity contribution is 5.89. The van der Waals surface area contributed by atoms with E-state index >= 15 is 0 Å². The van der Waals surface area contributed by atoms with Crippen LogP contribution in [0.2, 0.25) is 0 Å². The Balaban J connectivity index is 2.81. The van der Waals surface area contributed by atoms with E-state index in [1.807, 2.05) is 0 Å². The lowest BCUT2D eigenvalue weighted by molar-refractivity contribution is -0.142. The van der Waals surface area contributed by atoms with Crippen LogP contribution < -0.4 is 15.2 Å². The van der Waals surface area contributed by atoms with E-state index in [2.05, 4.69) is 4.74 Å². The van der Waals surface area contributed by atoms with Crippen LogP contribution in [-0.2, 0) is 14.3 Å². The Morgan fingerprint density at radius 1 is 1.26 bits per heavy atom. The Bertz CT molecular complexity index is 496. The maximum Gasteiger partial charge on any atom is 0.331 e. The van der Waals surface area contributed by atoms with E-state index in [9.17, 15) is 9.59 Å². The molecule has 0 bridgehead atoms. The largest absolute Gasteiger partial charge is 0.493 e. The Hall–Kier alpha value is -2.50. The second kappa shape index (κ2) is 7.05. The van der Waals surface area contributed by atoms with Gasteiger partial charge in [-0.1, -0.05) is 12.1 Å². The van der Waals surface area contributed by atoms with Crippen LogP contribution in [0.1, 0.15) is 5.56 Å². The average Bonchev–Trinajstić information content (AvgIpc) is 2.42. The van der Waals surface area contributed by atoms with Crippen LogP contribution >= 0.6 is 0 Å². The van der Waals surface area contributed by atoms with Gasteiger partial charge in [-0.25, -0.2) is 4.79 Å². The second-order valence-electron chi connectivity index (χ2n) is 3.49. The first kappa shape index (κ1) is 14.6. The summed E-state index contributed by atoms with van der Waals surface area (Å²) in [5.41, 5.74) is 5.51. The van der Waals surface area contributed by atoms with E-state index in [-0.39, 0.29) is 0 Å². The van der Waals surface area contributed by atoms with Gasteiger partial charge >= 0.3 is 5.97 Å². The summed E-state index contributed by atoms with van der Waals surface area (Å²) >= 11 is 0. The van der Waals surface area contributed by atoms with Crippen molar-refractivity contribution in [3.63, 3.8) is 0 Å². The first-order chi connectivity index (χ1) is 9.08. The first-order valence-corrected chi connectivity index (χ1v) is 5.42. The molecule has 0 saturated carbocycles. The third-order valence-electron chi connectivity index (χ3n) is 2.19. The van der Waals surface area contributed by atoms with E-state index in [1.165, 1.54) is 26.4 Å². The van der Waals surface area contributed by atoms with Gasteiger partial charge in [-0.15, -0.1) is 0 Å². The summed E-state index contributed by atoms with van der Waals surface area (Å²) in [5.74, 6) is -0.316. The molecule has 102 valence electrons. The summed E-state index contributed by atoms with van der Waals surface area (Å²) in [6.45, 7) is -0.446. The fourth-order valence-electron chi connectivity index (χ4n) is 1.39. The molecule has 6 heteroatoms. The van der Waals surface area contributed by atoms with Crippen LogP contribution in [0.3, 0.4) is 0 Å². The smallest absolute Gasteiger partial charge is 0.331 e. The zero-order valence-corrected chi connectivity index (χ0v) is 10.7. The molecule has 1 aromatic rings. The van der Waals surface area contributed by atoms with E-state index < -0.39 is 18.5 Å². The van der Waals surface area contributed by atoms with Crippen LogP contribution in [-0.4, -0.2) is 32.7 Å². The molecule has 0 heterocycles. The van der Waals surface area contributed by atoms with Crippen molar-refractivity contribution in [2.45, 2.75) is 0 Å². The van der Waals surface area contributed by atoms with E-state index in [4.69, 9.17) is 15.2 Å².